The fraction of sp³-hybridized carbons (Fsp3) is 0.188. The van der Waals surface area contributed by atoms with Crippen LogP contribution in [0.1, 0.15) is 12.0 Å². The molecule has 2 aromatic rings. The largest absolute Gasteiger partial charge is 0.383 e. The second kappa shape index (κ2) is 7.34. The molecule has 0 bridgehead atoms. The van der Waals surface area contributed by atoms with Crippen LogP contribution in [0.2, 0.25) is 10.0 Å². The highest BCUT2D eigenvalue weighted by Crippen LogP contribution is 2.23. The van der Waals surface area contributed by atoms with E-state index in [4.69, 9.17) is 23.2 Å². The SMILES string of the molecule is Cc1c(Cl)cccc1NC(=O)CCNc1ccccc1Cl. The van der Waals surface area contributed by atoms with Crippen LogP contribution < -0.4 is 10.6 Å². The summed E-state index contributed by atoms with van der Waals surface area (Å²) in [7, 11) is 0. The molecule has 0 aliphatic rings. The molecule has 0 aromatic heterocycles. The van der Waals surface area contributed by atoms with Gasteiger partial charge in [-0.2, -0.15) is 0 Å². The fourth-order valence-electron chi connectivity index (χ4n) is 1.87. The van der Waals surface area contributed by atoms with Gasteiger partial charge in [-0.05, 0) is 36.8 Å². The lowest BCUT2D eigenvalue weighted by Gasteiger charge is -2.11. The summed E-state index contributed by atoms with van der Waals surface area (Å²) in [4.78, 5) is 11.9. The smallest absolute Gasteiger partial charge is 0.226 e. The summed E-state index contributed by atoms with van der Waals surface area (Å²) in [6.45, 7) is 2.38. The van der Waals surface area contributed by atoms with E-state index >= 15 is 0 Å². The van der Waals surface area contributed by atoms with Gasteiger partial charge < -0.3 is 10.6 Å². The zero-order valence-electron chi connectivity index (χ0n) is 11.6. The lowest BCUT2D eigenvalue weighted by atomic mass is 10.2. The van der Waals surface area contributed by atoms with E-state index in [1.54, 1.807) is 12.1 Å². The molecular formula is C16H16Cl2N2O. The molecule has 2 aromatic carbocycles. The van der Waals surface area contributed by atoms with Crippen molar-refractivity contribution >= 4 is 40.5 Å². The molecule has 1 amide bonds. The molecule has 0 saturated carbocycles. The molecule has 0 heterocycles. The topological polar surface area (TPSA) is 41.1 Å². The van der Waals surface area contributed by atoms with Gasteiger partial charge in [0.25, 0.3) is 0 Å². The number of nitrogens with one attached hydrogen (secondary N) is 2. The Kier molecular flexibility index (Phi) is 5.48. The van der Waals surface area contributed by atoms with Crippen LogP contribution in [-0.2, 0) is 4.79 Å². The molecule has 0 unspecified atom stereocenters. The fourth-order valence-corrected chi connectivity index (χ4v) is 2.25. The lowest BCUT2D eigenvalue weighted by molar-refractivity contribution is -0.115. The van der Waals surface area contributed by atoms with E-state index in [1.165, 1.54) is 0 Å². The van der Waals surface area contributed by atoms with Crippen LogP contribution in [0.4, 0.5) is 11.4 Å². The molecule has 0 saturated heterocycles. The first-order valence-electron chi connectivity index (χ1n) is 6.61. The number of carbonyl (C=O) groups excluding carboxylic acids is 1. The minimum absolute atomic E-state index is 0.0695. The zero-order chi connectivity index (χ0) is 15.2. The van der Waals surface area contributed by atoms with E-state index in [0.717, 1.165) is 16.9 Å². The molecule has 0 aliphatic heterocycles. The summed E-state index contributed by atoms with van der Waals surface area (Å²) in [6.07, 6.45) is 0.344. The number of hydrogen-bond acceptors (Lipinski definition) is 2. The molecule has 3 nitrogen and oxygen atoms in total. The van der Waals surface area contributed by atoms with E-state index in [9.17, 15) is 4.79 Å². The highest BCUT2D eigenvalue weighted by Gasteiger charge is 2.07. The lowest BCUT2D eigenvalue weighted by Crippen LogP contribution is -2.17. The highest BCUT2D eigenvalue weighted by molar-refractivity contribution is 6.33. The number of rotatable bonds is 5. The van der Waals surface area contributed by atoms with Crippen LogP contribution in [0.5, 0.6) is 0 Å². The van der Waals surface area contributed by atoms with Crippen molar-refractivity contribution in [2.75, 3.05) is 17.2 Å². The van der Waals surface area contributed by atoms with Crippen LogP contribution in [0, 0.1) is 6.92 Å². The van der Waals surface area contributed by atoms with Crippen molar-refractivity contribution in [2.45, 2.75) is 13.3 Å². The monoisotopic (exact) mass is 322 g/mol. The van der Waals surface area contributed by atoms with Crippen molar-refractivity contribution in [1.29, 1.82) is 0 Å². The average molecular weight is 323 g/mol. The Morgan fingerprint density at radius 3 is 2.43 bits per heavy atom. The van der Waals surface area contributed by atoms with Gasteiger partial charge in [0.05, 0.1) is 10.7 Å². The molecule has 2 N–H and O–H groups in total. The molecule has 0 fully saturated rings. The van der Waals surface area contributed by atoms with Crippen molar-refractivity contribution in [3.05, 3.63) is 58.1 Å². The summed E-state index contributed by atoms with van der Waals surface area (Å²) in [6, 6.07) is 12.9. The second-order valence-corrected chi connectivity index (χ2v) is 5.43. The Bertz CT molecular complexity index is 644. The van der Waals surface area contributed by atoms with Gasteiger partial charge in [0.2, 0.25) is 5.91 Å². The Morgan fingerprint density at radius 1 is 1.00 bits per heavy atom. The van der Waals surface area contributed by atoms with Gasteiger partial charge in [-0.1, -0.05) is 41.4 Å². The molecule has 0 radical (unpaired) electrons. The predicted molar refractivity (Wildman–Crippen MR) is 89.4 cm³/mol. The molecule has 0 atom stereocenters. The normalized spacial score (nSPS) is 10.2. The molecule has 0 spiro atoms. The molecule has 2 rings (SSSR count). The summed E-state index contributed by atoms with van der Waals surface area (Å²) >= 11 is 12.1. The maximum Gasteiger partial charge on any atom is 0.226 e. The van der Waals surface area contributed by atoms with Gasteiger partial charge >= 0.3 is 0 Å². The predicted octanol–water partition coefficient (Wildman–Crippen LogP) is 4.74. The maximum atomic E-state index is 11.9. The summed E-state index contributed by atoms with van der Waals surface area (Å²) in [5, 5.41) is 7.28. The second-order valence-electron chi connectivity index (χ2n) is 4.62. The minimum Gasteiger partial charge on any atom is -0.383 e. The molecule has 110 valence electrons. The van der Waals surface area contributed by atoms with E-state index in [-0.39, 0.29) is 5.91 Å². The Balaban J connectivity index is 1.85. The van der Waals surface area contributed by atoms with Gasteiger partial charge in [-0.15, -0.1) is 0 Å². The summed E-state index contributed by atoms with van der Waals surface area (Å²) in [5.41, 5.74) is 2.43. The zero-order valence-corrected chi connectivity index (χ0v) is 13.1. The van der Waals surface area contributed by atoms with Crippen molar-refractivity contribution in [2.24, 2.45) is 0 Å². The number of para-hydroxylation sites is 1. The van der Waals surface area contributed by atoms with Crippen molar-refractivity contribution < 1.29 is 4.79 Å². The van der Waals surface area contributed by atoms with E-state index in [0.29, 0.717) is 23.0 Å². The third kappa shape index (κ3) is 4.38. The quantitative estimate of drug-likeness (QED) is 0.834. The number of halogens is 2. The van der Waals surface area contributed by atoms with Crippen molar-refractivity contribution in [1.82, 2.24) is 0 Å². The first-order valence-corrected chi connectivity index (χ1v) is 7.37. The summed E-state index contributed by atoms with van der Waals surface area (Å²) in [5.74, 6) is -0.0695. The van der Waals surface area contributed by atoms with Crippen LogP contribution in [-0.4, -0.2) is 12.5 Å². The highest BCUT2D eigenvalue weighted by atomic mass is 35.5. The Morgan fingerprint density at radius 2 is 1.67 bits per heavy atom. The van der Waals surface area contributed by atoms with Gasteiger partial charge in [0, 0.05) is 23.7 Å². The molecule has 21 heavy (non-hydrogen) atoms. The van der Waals surface area contributed by atoms with Crippen molar-refractivity contribution in [3.8, 4) is 0 Å². The van der Waals surface area contributed by atoms with Crippen LogP contribution in [0.15, 0.2) is 42.5 Å². The third-order valence-corrected chi connectivity index (χ3v) is 3.82. The average Bonchev–Trinajstić information content (AvgIpc) is 2.46. The van der Waals surface area contributed by atoms with Crippen LogP contribution >= 0.6 is 23.2 Å². The number of carbonyl (C=O) groups is 1. The minimum atomic E-state index is -0.0695. The van der Waals surface area contributed by atoms with E-state index < -0.39 is 0 Å². The Hall–Kier alpha value is -1.71. The van der Waals surface area contributed by atoms with E-state index in [2.05, 4.69) is 10.6 Å². The van der Waals surface area contributed by atoms with Crippen LogP contribution in [0.25, 0.3) is 0 Å². The number of benzene rings is 2. The summed E-state index contributed by atoms with van der Waals surface area (Å²) < 4.78 is 0. The molecular weight excluding hydrogens is 307 g/mol. The van der Waals surface area contributed by atoms with Gasteiger partial charge in [-0.3, -0.25) is 4.79 Å². The third-order valence-electron chi connectivity index (χ3n) is 3.08. The number of hydrogen-bond donors (Lipinski definition) is 2. The molecule has 5 heteroatoms. The number of anilines is 2. The standard InChI is InChI=1S/C16H16Cl2N2O/c1-11-12(17)6-4-8-14(11)20-16(21)9-10-19-15-7-3-2-5-13(15)18/h2-8,19H,9-10H2,1H3,(H,20,21). The van der Waals surface area contributed by atoms with Gasteiger partial charge in [0.1, 0.15) is 0 Å². The van der Waals surface area contributed by atoms with Gasteiger partial charge in [0.15, 0.2) is 0 Å². The van der Waals surface area contributed by atoms with Gasteiger partial charge in [-0.25, -0.2) is 0 Å². The first kappa shape index (κ1) is 15.7. The number of amides is 1. The van der Waals surface area contributed by atoms with E-state index in [1.807, 2.05) is 37.3 Å². The Labute approximate surface area is 134 Å². The van der Waals surface area contributed by atoms with Crippen LogP contribution in [0.3, 0.4) is 0 Å². The maximum absolute atomic E-state index is 11.9. The van der Waals surface area contributed by atoms with Crippen molar-refractivity contribution in [3.63, 3.8) is 0 Å². The first-order chi connectivity index (χ1) is 10.1. The molecule has 0 aliphatic carbocycles.